The number of nitriles is 1. The minimum Gasteiger partial charge on any atom is -0.494 e. The van der Waals surface area contributed by atoms with Gasteiger partial charge in [-0.2, -0.15) is 5.26 Å². The van der Waals surface area contributed by atoms with Crippen LogP contribution in [0.25, 0.3) is 0 Å². The molecule has 0 N–H and O–H groups in total. The highest BCUT2D eigenvalue weighted by Crippen LogP contribution is 2.12. The molecule has 0 spiro atoms. The molecular weight excluding hydrogens is 218 g/mol. The maximum Gasteiger partial charge on any atom is 0.305 e. The molecule has 4 nitrogen and oxygen atoms in total. The lowest BCUT2D eigenvalue weighted by atomic mass is 10.2. The average Bonchev–Trinajstić information content (AvgIpc) is 2.36. The minimum atomic E-state index is -0.224. The molecule has 0 aliphatic rings. The van der Waals surface area contributed by atoms with Crippen LogP contribution in [-0.2, 0) is 16.0 Å². The summed E-state index contributed by atoms with van der Waals surface area (Å²) in [5.74, 6) is 0.523. The predicted molar refractivity (Wildman–Crippen MR) is 62.5 cm³/mol. The fourth-order valence-electron chi connectivity index (χ4n) is 1.30. The van der Waals surface area contributed by atoms with Crippen molar-refractivity contribution in [1.29, 1.82) is 5.26 Å². The van der Waals surface area contributed by atoms with Gasteiger partial charge in [0.1, 0.15) is 5.75 Å². The summed E-state index contributed by atoms with van der Waals surface area (Å²) in [7, 11) is 1.37. The Labute approximate surface area is 101 Å². The molecule has 0 amide bonds. The lowest BCUT2D eigenvalue weighted by Crippen LogP contribution is -2.04. The standard InChI is InChI=1S/C13H15NO3/c1-16-13(15)3-2-10-17-12-6-4-11(5-7-12)8-9-14/h4-7H,2-3,8,10H2,1H3. The third kappa shape index (κ3) is 5.03. The van der Waals surface area contributed by atoms with Crippen molar-refractivity contribution in [3.63, 3.8) is 0 Å². The lowest BCUT2D eigenvalue weighted by Gasteiger charge is -2.05. The molecule has 1 aromatic carbocycles. The van der Waals surface area contributed by atoms with Crippen molar-refractivity contribution in [2.45, 2.75) is 19.3 Å². The molecule has 0 saturated heterocycles. The average molecular weight is 233 g/mol. The summed E-state index contributed by atoms with van der Waals surface area (Å²) >= 11 is 0. The van der Waals surface area contributed by atoms with Gasteiger partial charge in [0, 0.05) is 6.42 Å². The van der Waals surface area contributed by atoms with E-state index >= 15 is 0 Å². The molecule has 17 heavy (non-hydrogen) atoms. The van der Waals surface area contributed by atoms with Crippen LogP contribution in [0.15, 0.2) is 24.3 Å². The zero-order valence-electron chi connectivity index (χ0n) is 9.81. The summed E-state index contributed by atoms with van der Waals surface area (Å²) < 4.78 is 9.96. The molecule has 0 aromatic heterocycles. The van der Waals surface area contributed by atoms with Crippen LogP contribution in [0.4, 0.5) is 0 Å². The van der Waals surface area contributed by atoms with Crippen LogP contribution < -0.4 is 4.74 Å². The first-order valence-electron chi connectivity index (χ1n) is 5.41. The van der Waals surface area contributed by atoms with E-state index in [1.54, 1.807) is 0 Å². The van der Waals surface area contributed by atoms with E-state index in [9.17, 15) is 4.79 Å². The van der Waals surface area contributed by atoms with E-state index in [1.165, 1.54) is 7.11 Å². The van der Waals surface area contributed by atoms with Gasteiger partial charge in [0.05, 0.1) is 26.2 Å². The zero-order valence-corrected chi connectivity index (χ0v) is 9.81. The van der Waals surface area contributed by atoms with Gasteiger partial charge in [0.2, 0.25) is 0 Å². The molecular formula is C13H15NO3. The number of esters is 1. The Morgan fingerprint density at radius 3 is 2.65 bits per heavy atom. The second kappa shape index (κ2) is 7.29. The number of ether oxygens (including phenoxy) is 2. The first-order chi connectivity index (χ1) is 8.26. The lowest BCUT2D eigenvalue weighted by molar-refractivity contribution is -0.140. The molecule has 0 unspecified atom stereocenters. The normalized spacial score (nSPS) is 9.41. The van der Waals surface area contributed by atoms with Gasteiger partial charge in [-0.25, -0.2) is 0 Å². The highest BCUT2D eigenvalue weighted by atomic mass is 16.5. The van der Waals surface area contributed by atoms with Gasteiger partial charge in [-0.05, 0) is 24.1 Å². The second-order valence-corrected chi connectivity index (χ2v) is 3.51. The van der Waals surface area contributed by atoms with Gasteiger partial charge in [0.15, 0.2) is 0 Å². The molecule has 4 heteroatoms. The van der Waals surface area contributed by atoms with E-state index < -0.39 is 0 Å². The topological polar surface area (TPSA) is 59.3 Å². The Kier molecular flexibility index (Phi) is 5.59. The van der Waals surface area contributed by atoms with Gasteiger partial charge in [-0.1, -0.05) is 12.1 Å². The first kappa shape index (κ1) is 13.0. The maximum atomic E-state index is 10.8. The third-order valence-corrected chi connectivity index (χ3v) is 2.23. The van der Waals surface area contributed by atoms with Crippen molar-refractivity contribution in [3.8, 4) is 11.8 Å². The summed E-state index contributed by atoms with van der Waals surface area (Å²) in [6, 6.07) is 9.45. The summed E-state index contributed by atoms with van der Waals surface area (Å²) in [5, 5.41) is 8.51. The van der Waals surface area contributed by atoms with Crippen molar-refractivity contribution < 1.29 is 14.3 Å². The molecule has 0 aliphatic carbocycles. The van der Waals surface area contributed by atoms with E-state index in [2.05, 4.69) is 10.8 Å². The molecule has 90 valence electrons. The summed E-state index contributed by atoms with van der Waals surface area (Å²) in [6.45, 7) is 0.479. The molecule has 0 aliphatic heterocycles. The number of nitrogens with zero attached hydrogens (tertiary/aromatic N) is 1. The van der Waals surface area contributed by atoms with E-state index in [1.807, 2.05) is 24.3 Å². The number of benzene rings is 1. The number of hydrogen-bond acceptors (Lipinski definition) is 4. The number of hydrogen-bond donors (Lipinski definition) is 0. The third-order valence-electron chi connectivity index (χ3n) is 2.23. The van der Waals surface area contributed by atoms with E-state index in [0.717, 1.165) is 11.3 Å². The molecule has 0 atom stereocenters. The number of carbonyl (C=O) groups is 1. The van der Waals surface area contributed by atoms with Crippen molar-refractivity contribution in [2.24, 2.45) is 0 Å². The number of rotatable bonds is 6. The van der Waals surface area contributed by atoms with Crippen molar-refractivity contribution in [1.82, 2.24) is 0 Å². The molecule has 0 heterocycles. The van der Waals surface area contributed by atoms with Crippen LogP contribution in [0, 0.1) is 11.3 Å². The van der Waals surface area contributed by atoms with Gasteiger partial charge >= 0.3 is 5.97 Å². The van der Waals surface area contributed by atoms with Crippen molar-refractivity contribution in [3.05, 3.63) is 29.8 Å². The SMILES string of the molecule is COC(=O)CCCOc1ccc(CC#N)cc1. The number of carbonyl (C=O) groups excluding carboxylic acids is 1. The first-order valence-corrected chi connectivity index (χ1v) is 5.41. The van der Waals surface area contributed by atoms with Crippen LogP contribution in [0.3, 0.4) is 0 Å². The van der Waals surface area contributed by atoms with Gasteiger partial charge in [0.25, 0.3) is 0 Å². The monoisotopic (exact) mass is 233 g/mol. The van der Waals surface area contributed by atoms with Crippen molar-refractivity contribution >= 4 is 5.97 Å². The Hall–Kier alpha value is -2.02. The van der Waals surface area contributed by atoms with Crippen LogP contribution in [-0.4, -0.2) is 19.7 Å². The van der Waals surface area contributed by atoms with E-state index in [-0.39, 0.29) is 5.97 Å². The van der Waals surface area contributed by atoms with Crippen LogP contribution in [0.2, 0.25) is 0 Å². The smallest absolute Gasteiger partial charge is 0.305 e. The maximum absolute atomic E-state index is 10.8. The Bertz CT molecular complexity index is 392. The molecule has 0 fully saturated rings. The molecule has 0 saturated carbocycles. The Morgan fingerprint density at radius 2 is 2.06 bits per heavy atom. The predicted octanol–water partition coefficient (Wildman–Crippen LogP) is 2.08. The van der Waals surface area contributed by atoms with Gasteiger partial charge < -0.3 is 9.47 Å². The van der Waals surface area contributed by atoms with Crippen LogP contribution in [0.1, 0.15) is 18.4 Å². The minimum absolute atomic E-state index is 0.224. The Balaban J connectivity index is 2.28. The fraction of sp³-hybridized carbons (Fsp3) is 0.385. The van der Waals surface area contributed by atoms with E-state index in [0.29, 0.717) is 25.9 Å². The van der Waals surface area contributed by atoms with Crippen LogP contribution >= 0.6 is 0 Å². The van der Waals surface area contributed by atoms with Crippen LogP contribution in [0.5, 0.6) is 5.75 Å². The molecule has 1 rings (SSSR count). The molecule has 1 aromatic rings. The molecule has 0 bridgehead atoms. The highest BCUT2D eigenvalue weighted by Gasteiger charge is 2.00. The van der Waals surface area contributed by atoms with Gasteiger partial charge in [-0.15, -0.1) is 0 Å². The van der Waals surface area contributed by atoms with Crippen molar-refractivity contribution in [2.75, 3.05) is 13.7 Å². The van der Waals surface area contributed by atoms with Gasteiger partial charge in [-0.3, -0.25) is 4.79 Å². The Morgan fingerprint density at radius 1 is 1.35 bits per heavy atom. The largest absolute Gasteiger partial charge is 0.494 e. The summed E-state index contributed by atoms with van der Waals surface area (Å²) in [6.07, 6.45) is 1.40. The number of methoxy groups -OCH3 is 1. The quantitative estimate of drug-likeness (QED) is 0.557. The summed E-state index contributed by atoms with van der Waals surface area (Å²) in [4.78, 5) is 10.8. The zero-order chi connectivity index (χ0) is 12.5. The summed E-state index contributed by atoms with van der Waals surface area (Å²) in [5.41, 5.74) is 0.967. The molecule has 0 radical (unpaired) electrons. The second-order valence-electron chi connectivity index (χ2n) is 3.51. The fourth-order valence-corrected chi connectivity index (χ4v) is 1.30. The van der Waals surface area contributed by atoms with E-state index in [4.69, 9.17) is 10.00 Å². The highest BCUT2D eigenvalue weighted by molar-refractivity contribution is 5.69.